The molecule has 0 fully saturated rings. The zero-order valence-corrected chi connectivity index (χ0v) is 8.34. The predicted octanol–water partition coefficient (Wildman–Crippen LogP) is 1.49. The summed E-state index contributed by atoms with van der Waals surface area (Å²) in [6.45, 7) is 0.447. The fourth-order valence-electron chi connectivity index (χ4n) is 0.874. The molecule has 0 spiro atoms. The van der Waals surface area contributed by atoms with Crippen LogP contribution in [0.5, 0.6) is 0 Å². The first-order chi connectivity index (χ1) is 6.24. The van der Waals surface area contributed by atoms with Crippen molar-refractivity contribution in [3.05, 3.63) is 34.1 Å². The van der Waals surface area contributed by atoms with E-state index in [1.807, 2.05) is 0 Å². The maximum absolute atomic E-state index is 12.9. The monoisotopic (exact) mass is 242 g/mol. The summed E-state index contributed by atoms with van der Waals surface area (Å²) in [5, 5.41) is 2.72. The lowest BCUT2D eigenvalue weighted by Gasteiger charge is -2.01. The molecule has 0 unspecified atom stereocenters. The molecular formula is C8H7BBrFNO. The average Bonchev–Trinajstić information content (AvgIpc) is 2.12. The minimum atomic E-state index is -0.301. The second-order valence-corrected chi connectivity index (χ2v) is 3.29. The van der Waals surface area contributed by atoms with E-state index in [-0.39, 0.29) is 5.82 Å². The smallest absolute Gasteiger partial charge is 0.290 e. The van der Waals surface area contributed by atoms with E-state index in [4.69, 9.17) is 0 Å². The van der Waals surface area contributed by atoms with E-state index in [2.05, 4.69) is 21.2 Å². The van der Waals surface area contributed by atoms with Crippen molar-refractivity contribution >= 4 is 29.5 Å². The van der Waals surface area contributed by atoms with Gasteiger partial charge in [-0.15, -0.1) is 0 Å². The maximum atomic E-state index is 12.9. The minimum absolute atomic E-state index is 0.301. The SMILES string of the molecule is O=C[B]NCc1ccc(Br)c(F)c1. The van der Waals surface area contributed by atoms with Crippen molar-refractivity contribution in [1.29, 1.82) is 0 Å². The molecule has 67 valence electrons. The zero-order valence-electron chi connectivity index (χ0n) is 6.76. The van der Waals surface area contributed by atoms with E-state index < -0.39 is 0 Å². The van der Waals surface area contributed by atoms with Crippen LogP contribution in [0.15, 0.2) is 22.7 Å². The van der Waals surface area contributed by atoms with Gasteiger partial charge >= 0.3 is 0 Å². The Bertz CT molecular complexity index is 308. The number of carbonyl (C=O) groups is 1. The molecule has 1 N–H and O–H groups in total. The summed E-state index contributed by atoms with van der Waals surface area (Å²) in [6.07, 6.45) is 0.648. The zero-order chi connectivity index (χ0) is 9.68. The Morgan fingerprint density at radius 3 is 3.00 bits per heavy atom. The van der Waals surface area contributed by atoms with Crippen molar-refractivity contribution in [1.82, 2.24) is 5.23 Å². The Morgan fingerprint density at radius 1 is 1.62 bits per heavy atom. The number of hydrogen-bond donors (Lipinski definition) is 1. The van der Waals surface area contributed by atoms with E-state index >= 15 is 0 Å². The van der Waals surface area contributed by atoms with E-state index in [0.717, 1.165) is 5.56 Å². The van der Waals surface area contributed by atoms with Crippen molar-refractivity contribution < 1.29 is 9.18 Å². The molecular weight excluding hydrogens is 236 g/mol. The second-order valence-electron chi connectivity index (χ2n) is 2.43. The first kappa shape index (κ1) is 10.4. The van der Waals surface area contributed by atoms with Crippen molar-refractivity contribution in [2.24, 2.45) is 0 Å². The first-order valence-corrected chi connectivity index (χ1v) is 4.47. The van der Waals surface area contributed by atoms with Crippen LogP contribution in [0, 0.1) is 5.82 Å². The van der Waals surface area contributed by atoms with Gasteiger partial charge in [-0.05, 0) is 33.6 Å². The maximum Gasteiger partial charge on any atom is 0.290 e. The summed E-state index contributed by atoms with van der Waals surface area (Å²) in [5.74, 6) is -0.301. The van der Waals surface area contributed by atoms with Crippen LogP contribution in [-0.2, 0) is 11.3 Å². The third-order valence-corrected chi connectivity index (χ3v) is 2.12. The van der Waals surface area contributed by atoms with Crippen molar-refractivity contribution in [2.45, 2.75) is 6.54 Å². The quantitative estimate of drug-likeness (QED) is 0.493. The van der Waals surface area contributed by atoms with Gasteiger partial charge in [-0.3, -0.25) is 0 Å². The van der Waals surface area contributed by atoms with Crippen molar-refractivity contribution in [2.75, 3.05) is 0 Å². The van der Waals surface area contributed by atoms with Gasteiger partial charge < -0.3 is 10.0 Å². The standard InChI is InChI=1S/C8H7BBrFNO/c10-7-2-1-6(3-8(7)11)4-12-9-5-13/h1-3,5,12H,4H2. The molecule has 1 aromatic rings. The molecule has 1 radical (unpaired) electrons. The van der Waals surface area contributed by atoms with Crippen LogP contribution >= 0.6 is 15.9 Å². The molecule has 2 nitrogen and oxygen atoms in total. The summed E-state index contributed by atoms with van der Waals surface area (Å²) in [5.41, 5.74) is 0.791. The summed E-state index contributed by atoms with van der Waals surface area (Å²) >= 11 is 3.05. The third-order valence-electron chi connectivity index (χ3n) is 1.48. The summed E-state index contributed by atoms with van der Waals surface area (Å²) < 4.78 is 13.4. The average molecular weight is 243 g/mol. The molecule has 0 aliphatic heterocycles. The van der Waals surface area contributed by atoms with Gasteiger partial charge in [0, 0.05) is 6.54 Å². The first-order valence-electron chi connectivity index (χ1n) is 3.68. The molecule has 1 rings (SSSR count). The Hall–Kier alpha value is -0.675. The molecule has 0 amide bonds. The summed E-state index contributed by atoms with van der Waals surface area (Å²) in [6, 6.07) is 4.82. The molecule has 0 atom stereocenters. The van der Waals surface area contributed by atoms with Gasteiger partial charge in [0.2, 0.25) is 0 Å². The van der Waals surface area contributed by atoms with E-state index in [1.165, 1.54) is 13.5 Å². The Morgan fingerprint density at radius 2 is 2.38 bits per heavy atom. The molecule has 0 aliphatic carbocycles. The lowest BCUT2D eigenvalue weighted by atomic mass is 9.98. The molecule has 0 aromatic heterocycles. The second kappa shape index (κ2) is 5.14. The molecule has 5 heteroatoms. The van der Waals surface area contributed by atoms with Crippen LogP contribution in [0.1, 0.15) is 5.56 Å². The van der Waals surface area contributed by atoms with Crippen molar-refractivity contribution in [3.63, 3.8) is 0 Å². The fraction of sp³-hybridized carbons (Fsp3) is 0.125. The summed E-state index contributed by atoms with van der Waals surface area (Å²) in [7, 11) is 1.28. The van der Waals surface area contributed by atoms with Crippen molar-refractivity contribution in [3.8, 4) is 0 Å². The van der Waals surface area contributed by atoms with Gasteiger partial charge in [0.1, 0.15) is 5.82 Å². The van der Waals surface area contributed by atoms with Gasteiger partial charge in [0.15, 0.2) is 0 Å². The van der Waals surface area contributed by atoms with Gasteiger partial charge in [-0.25, -0.2) is 4.39 Å². The topological polar surface area (TPSA) is 29.1 Å². The highest BCUT2D eigenvalue weighted by Crippen LogP contribution is 2.15. The molecule has 0 saturated heterocycles. The van der Waals surface area contributed by atoms with Crippen LogP contribution in [-0.4, -0.2) is 13.6 Å². The summed E-state index contributed by atoms with van der Waals surface area (Å²) in [4.78, 5) is 9.92. The highest BCUT2D eigenvalue weighted by atomic mass is 79.9. The third kappa shape index (κ3) is 3.28. The van der Waals surface area contributed by atoms with Crippen LogP contribution in [0.2, 0.25) is 0 Å². The number of benzene rings is 1. The van der Waals surface area contributed by atoms with E-state index in [1.54, 1.807) is 12.1 Å². The number of hydrogen-bond acceptors (Lipinski definition) is 2. The number of rotatable bonds is 4. The lowest BCUT2D eigenvalue weighted by molar-refractivity contribution is 0.567. The Kier molecular flexibility index (Phi) is 4.11. The van der Waals surface area contributed by atoms with E-state index in [9.17, 15) is 9.18 Å². The highest BCUT2D eigenvalue weighted by Gasteiger charge is 1.99. The molecule has 13 heavy (non-hydrogen) atoms. The molecule has 1 aromatic carbocycles. The number of nitrogens with one attached hydrogen (secondary N) is 1. The predicted molar refractivity (Wildman–Crippen MR) is 53.4 cm³/mol. The van der Waals surface area contributed by atoms with Crippen LogP contribution in [0.25, 0.3) is 0 Å². The van der Waals surface area contributed by atoms with E-state index in [0.29, 0.717) is 17.2 Å². The Labute approximate surface area is 84.9 Å². The fourth-order valence-corrected chi connectivity index (χ4v) is 1.12. The highest BCUT2D eigenvalue weighted by molar-refractivity contribution is 9.10. The van der Waals surface area contributed by atoms with Crippen LogP contribution < -0.4 is 5.23 Å². The van der Waals surface area contributed by atoms with Gasteiger partial charge in [-0.2, -0.15) is 0 Å². The largest absolute Gasteiger partial charge is 0.350 e. The van der Waals surface area contributed by atoms with Gasteiger partial charge in [0.05, 0.1) is 10.7 Å². The molecule has 0 heterocycles. The van der Waals surface area contributed by atoms with Crippen LogP contribution in [0.3, 0.4) is 0 Å². The molecule has 0 saturated carbocycles. The normalized spacial score (nSPS) is 9.69. The van der Waals surface area contributed by atoms with Gasteiger partial charge in [-0.1, -0.05) is 6.07 Å². The Balaban J connectivity index is 2.57. The number of carbonyl (C=O) groups excluding carboxylic acids is 1. The number of halogens is 2. The molecule has 0 aliphatic rings. The van der Waals surface area contributed by atoms with Gasteiger partial charge in [0.25, 0.3) is 7.41 Å². The lowest BCUT2D eigenvalue weighted by Crippen LogP contribution is -2.19. The minimum Gasteiger partial charge on any atom is -0.350 e. The molecule has 0 bridgehead atoms. The van der Waals surface area contributed by atoms with Crippen LogP contribution in [0.4, 0.5) is 4.39 Å².